The van der Waals surface area contributed by atoms with Crippen molar-refractivity contribution in [3.8, 4) is 0 Å². The number of rotatable bonds is 3. The summed E-state index contributed by atoms with van der Waals surface area (Å²) >= 11 is 0. The zero-order chi connectivity index (χ0) is 14.1. The number of carbonyl (C=O) groups is 2. The first kappa shape index (κ1) is 14.8. The van der Waals surface area contributed by atoms with Crippen LogP contribution in [-0.4, -0.2) is 52.5 Å². The third-order valence-corrected chi connectivity index (χ3v) is 2.48. The molecular weight excluding hydrogens is 238 g/mol. The van der Waals surface area contributed by atoms with Crippen molar-refractivity contribution in [3.63, 3.8) is 0 Å². The van der Waals surface area contributed by atoms with Crippen LogP contribution in [0.5, 0.6) is 0 Å². The van der Waals surface area contributed by atoms with Crippen LogP contribution in [0.3, 0.4) is 0 Å². The second-order valence-electron chi connectivity index (χ2n) is 5.94. The van der Waals surface area contributed by atoms with Crippen LogP contribution in [-0.2, 0) is 14.3 Å². The summed E-state index contributed by atoms with van der Waals surface area (Å²) in [4.78, 5) is 24.0. The van der Waals surface area contributed by atoms with Crippen LogP contribution in [0.15, 0.2) is 0 Å². The standard InChI is InChI=1S/C12H21NO5/c1-11(2,3)18-10(16)13-6-8(7-13)17-12(4,5)9(14)15/h8H,6-7H2,1-5H3,(H,14,15). The van der Waals surface area contributed by atoms with Crippen molar-refractivity contribution in [2.24, 2.45) is 0 Å². The van der Waals surface area contributed by atoms with Gasteiger partial charge in [-0.15, -0.1) is 0 Å². The Bertz CT molecular complexity index is 339. The number of hydrogen-bond donors (Lipinski definition) is 1. The highest BCUT2D eigenvalue weighted by molar-refractivity contribution is 5.76. The molecule has 1 aliphatic rings. The number of carboxylic acids is 1. The van der Waals surface area contributed by atoms with Gasteiger partial charge in [-0.25, -0.2) is 9.59 Å². The van der Waals surface area contributed by atoms with Gasteiger partial charge in [-0.1, -0.05) is 0 Å². The molecule has 0 radical (unpaired) electrons. The molecule has 104 valence electrons. The van der Waals surface area contributed by atoms with Gasteiger partial charge in [-0.05, 0) is 34.6 Å². The summed E-state index contributed by atoms with van der Waals surface area (Å²) in [5.74, 6) is -1.02. The number of hydrogen-bond acceptors (Lipinski definition) is 4. The Morgan fingerprint density at radius 2 is 1.67 bits per heavy atom. The fraction of sp³-hybridized carbons (Fsp3) is 0.833. The lowest BCUT2D eigenvalue weighted by Gasteiger charge is -2.41. The van der Waals surface area contributed by atoms with Crippen molar-refractivity contribution >= 4 is 12.1 Å². The van der Waals surface area contributed by atoms with E-state index in [1.54, 1.807) is 20.8 Å². The maximum atomic E-state index is 11.6. The maximum Gasteiger partial charge on any atom is 0.410 e. The number of aliphatic carboxylic acids is 1. The first-order chi connectivity index (χ1) is 8.01. The van der Waals surface area contributed by atoms with Gasteiger partial charge in [0.2, 0.25) is 0 Å². The van der Waals surface area contributed by atoms with E-state index in [2.05, 4.69) is 0 Å². The SMILES string of the molecule is CC(C)(C)OC(=O)N1CC(OC(C)(C)C(=O)O)C1. The molecule has 1 rings (SSSR count). The number of likely N-dealkylation sites (tertiary alicyclic amines) is 1. The second-order valence-corrected chi connectivity index (χ2v) is 5.94. The van der Waals surface area contributed by atoms with E-state index in [0.717, 1.165) is 0 Å². The van der Waals surface area contributed by atoms with Crippen LogP contribution < -0.4 is 0 Å². The minimum absolute atomic E-state index is 0.247. The fourth-order valence-electron chi connectivity index (χ4n) is 1.46. The number of carboxylic acid groups (broad SMARTS) is 1. The van der Waals surface area contributed by atoms with Gasteiger partial charge in [0, 0.05) is 0 Å². The first-order valence-electron chi connectivity index (χ1n) is 5.90. The lowest BCUT2D eigenvalue weighted by molar-refractivity contribution is -0.178. The topological polar surface area (TPSA) is 76.1 Å². The number of amides is 1. The quantitative estimate of drug-likeness (QED) is 0.831. The predicted octanol–water partition coefficient (Wildman–Crippen LogP) is 1.49. The van der Waals surface area contributed by atoms with E-state index in [1.165, 1.54) is 18.7 Å². The summed E-state index contributed by atoms with van der Waals surface area (Å²) < 4.78 is 10.6. The molecule has 1 N–H and O–H groups in total. The molecule has 1 heterocycles. The van der Waals surface area contributed by atoms with Crippen LogP contribution in [0, 0.1) is 0 Å². The van der Waals surface area contributed by atoms with Crippen LogP contribution in [0.4, 0.5) is 4.79 Å². The Morgan fingerprint density at radius 3 is 2.06 bits per heavy atom. The molecule has 0 saturated carbocycles. The van der Waals surface area contributed by atoms with Crippen molar-refractivity contribution in [3.05, 3.63) is 0 Å². The number of ether oxygens (including phenoxy) is 2. The molecule has 0 unspecified atom stereocenters. The summed E-state index contributed by atoms with van der Waals surface area (Å²) in [5.41, 5.74) is -1.76. The van der Waals surface area contributed by atoms with Crippen molar-refractivity contribution in [2.75, 3.05) is 13.1 Å². The van der Waals surface area contributed by atoms with Gasteiger partial charge in [-0.2, -0.15) is 0 Å². The average Bonchev–Trinajstić information content (AvgIpc) is 2.06. The predicted molar refractivity (Wildman–Crippen MR) is 64.4 cm³/mol. The van der Waals surface area contributed by atoms with Gasteiger partial charge < -0.3 is 19.5 Å². The van der Waals surface area contributed by atoms with Gasteiger partial charge in [0.05, 0.1) is 19.2 Å². The molecule has 0 aliphatic carbocycles. The van der Waals surface area contributed by atoms with Gasteiger partial charge in [0.25, 0.3) is 0 Å². The van der Waals surface area contributed by atoms with E-state index in [0.29, 0.717) is 13.1 Å². The van der Waals surface area contributed by atoms with Crippen molar-refractivity contribution < 1.29 is 24.2 Å². The zero-order valence-electron chi connectivity index (χ0n) is 11.5. The average molecular weight is 259 g/mol. The summed E-state index contributed by atoms with van der Waals surface area (Å²) in [7, 11) is 0. The fourth-order valence-corrected chi connectivity index (χ4v) is 1.46. The lowest BCUT2D eigenvalue weighted by atomic mass is 10.1. The molecule has 1 fully saturated rings. The summed E-state index contributed by atoms with van der Waals surface area (Å²) in [6.45, 7) is 9.11. The largest absolute Gasteiger partial charge is 0.479 e. The first-order valence-corrected chi connectivity index (χ1v) is 5.90. The van der Waals surface area contributed by atoms with Gasteiger partial charge in [-0.3, -0.25) is 0 Å². The van der Waals surface area contributed by atoms with Crippen LogP contribution in [0.25, 0.3) is 0 Å². The third-order valence-electron chi connectivity index (χ3n) is 2.48. The molecule has 6 heteroatoms. The molecule has 0 aromatic carbocycles. The molecule has 0 atom stereocenters. The highest BCUT2D eigenvalue weighted by Crippen LogP contribution is 2.21. The van der Waals surface area contributed by atoms with Gasteiger partial charge >= 0.3 is 12.1 Å². The molecule has 1 amide bonds. The lowest BCUT2D eigenvalue weighted by Crippen LogP contribution is -2.58. The van der Waals surface area contributed by atoms with E-state index < -0.39 is 23.3 Å². The Balaban J connectivity index is 2.37. The monoisotopic (exact) mass is 259 g/mol. The van der Waals surface area contributed by atoms with E-state index in [9.17, 15) is 9.59 Å². The van der Waals surface area contributed by atoms with E-state index in [-0.39, 0.29) is 6.10 Å². The molecule has 0 spiro atoms. The van der Waals surface area contributed by atoms with Crippen LogP contribution in [0.1, 0.15) is 34.6 Å². The maximum absolute atomic E-state index is 11.6. The summed E-state index contributed by atoms with van der Waals surface area (Å²) in [5, 5.41) is 8.91. The summed E-state index contributed by atoms with van der Waals surface area (Å²) in [6, 6.07) is 0. The minimum atomic E-state index is -1.23. The smallest absolute Gasteiger partial charge is 0.410 e. The van der Waals surface area contributed by atoms with E-state index >= 15 is 0 Å². The summed E-state index contributed by atoms with van der Waals surface area (Å²) in [6.07, 6.45) is -0.640. The highest BCUT2D eigenvalue weighted by Gasteiger charge is 2.40. The van der Waals surface area contributed by atoms with E-state index in [1.807, 2.05) is 0 Å². The number of carbonyl (C=O) groups excluding carboxylic acids is 1. The highest BCUT2D eigenvalue weighted by atomic mass is 16.6. The Labute approximate surface area is 107 Å². The Kier molecular flexibility index (Phi) is 3.90. The minimum Gasteiger partial charge on any atom is -0.479 e. The molecular formula is C12H21NO5. The molecule has 0 aromatic rings. The van der Waals surface area contributed by atoms with Crippen molar-refractivity contribution in [2.45, 2.75) is 51.9 Å². The number of nitrogens with zero attached hydrogens (tertiary/aromatic N) is 1. The molecule has 6 nitrogen and oxygen atoms in total. The van der Waals surface area contributed by atoms with Crippen LogP contribution in [0.2, 0.25) is 0 Å². The molecule has 0 bridgehead atoms. The van der Waals surface area contributed by atoms with Crippen LogP contribution >= 0.6 is 0 Å². The Morgan fingerprint density at radius 1 is 1.17 bits per heavy atom. The molecule has 0 aromatic heterocycles. The van der Waals surface area contributed by atoms with Gasteiger partial charge in [0.15, 0.2) is 5.60 Å². The molecule has 18 heavy (non-hydrogen) atoms. The van der Waals surface area contributed by atoms with Crippen molar-refractivity contribution in [1.29, 1.82) is 0 Å². The third kappa shape index (κ3) is 3.87. The molecule has 1 aliphatic heterocycles. The van der Waals surface area contributed by atoms with Crippen molar-refractivity contribution in [1.82, 2.24) is 4.90 Å². The van der Waals surface area contributed by atoms with Gasteiger partial charge in [0.1, 0.15) is 5.60 Å². The van der Waals surface area contributed by atoms with E-state index in [4.69, 9.17) is 14.6 Å². The Hall–Kier alpha value is -1.30. The second kappa shape index (κ2) is 4.76. The molecule has 1 saturated heterocycles. The normalized spacial score (nSPS) is 17.3. The zero-order valence-corrected chi connectivity index (χ0v) is 11.5.